The molecule has 8 aromatic rings. The Morgan fingerprint density at radius 1 is 0.409 bits per heavy atom. The van der Waals surface area contributed by atoms with Gasteiger partial charge in [-0.15, -0.1) is 0 Å². The molecule has 0 saturated heterocycles. The lowest BCUT2D eigenvalue weighted by molar-refractivity contribution is 1.18. The molecule has 0 spiro atoms. The highest BCUT2D eigenvalue weighted by Crippen LogP contribution is 2.38. The number of anilines is 3. The van der Waals surface area contributed by atoms with Crippen LogP contribution in [0.2, 0.25) is 0 Å². The third kappa shape index (κ3) is 4.63. The molecule has 0 amide bonds. The van der Waals surface area contributed by atoms with Gasteiger partial charge >= 0.3 is 0 Å². The van der Waals surface area contributed by atoms with Crippen LogP contribution >= 0.6 is 0 Å². The van der Waals surface area contributed by atoms with Crippen LogP contribution in [-0.4, -0.2) is 4.57 Å². The average Bonchev–Trinajstić information content (AvgIpc) is 3.49. The Balaban J connectivity index is 1.18. The maximum Gasteiger partial charge on any atom is 0.0629 e. The number of hydrogen-bond acceptors (Lipinski definition) is 1. The van der Waals surface area contributed by atoms with Crippen LogP contribution in [0.4, 0.5) is 17.1 Å². The number of rotatable bonds is 6. The van der Waals surface area contributed by atoms with Gasteiger partial charge in [-0.25, -0.2) is 0 Å². The highest BCUT2D eigenvalue weighted by atomic mass is 15.1. The summed E-state index contributed by atoms with van der Waals surface area (Å²) < 4.78 is 43.3. The summed E-state index contributed by atoms with van der Waals surface area (Å²) in [6.45, 7) is 0. The van der Waals surface area contributed by atoms with Crippen molar-refractivity contribution in [2.75, 3.05) is 4.90 Å². The van der Waals surface area contributed by atoms with Gasteiger partial charge in [0.2, 0.25) is 0 Å². The number of fused-ring (bicyclic) bond motifs is 3. The van der Waals surface area contributed by atoms with E-state index in [9.17, 15) is 0 Å². The van der Waals surface area contributed by atoms with Crippen molar-refractivity contribution in [2.45, 2.75) is 0 Å². The molecule has 0 aliphatic carbocycles. The molecule has 0 saturated carbocycles. The molecule has 0 unspecified atom stereocenters. The lowest BCUT2D eigenvalue weighted by Gasteiger charge is -2.26. The van der Waals surface area contributed by atoms with Crippen molar-refractivity contribution in [1.29, 1.82) is 0 Å². The first-order valence-corrected chi connectivity index (χ1v) is 14.6. The van der Waals surface area contributed by atoms with Crippen LogP contribution in [0.1, 0.15) is 6.85 Å². The molecule has 0 atom stereocenters. The quantitative estimate of drug-likeness (QED) is 0.194. The van der Waals surface area contributed by atoms with Gasteiger partial charge in [-0.1, -0.05) is 115 Å². The zero-order valence-electron chi connectivity index (χ0n) is 28.8. The average molecular weight is 568 g/mol. The summed E-state index contributed by atoms with van der Waals surface area (Å²) in [5, 5.41) is 2.41. The number of nitrogens with zero attached hydrogens (tertiary/aromatic N) is 2. The lowest BCUT2D eigenvalue weighted by atomic mass is 10.0. The van der Waals surface area contributed by atoms with Gasteiger partial charge in [-0.2, -0.15) is 0 Å². The molecule has 8 rings (SSSR count). The SMILES string of the molecule is [2H]c1c([2H])c([2H])c(-c2ccc(N(c3ccccc3)c3ccc(-c4ccc5c(c4)c4ccccc4n5-c4ccccc4)cc3)cc2)c([2H])c1[2H]. The summed E-state index contributed by atoms with van der Waals surface area (Å²) in [7, 11) is 0. The standard InChI is InChI=1S/C42H30N2/c1-4-12-31(13-5-1)32-20-25-37(26-21-32)43(35-14-6-2-7-15-35)38-27-22-33(23-28-38)34-24-29-42-40(30-34)39-18-10-11-19-41(39)44(42)36-16-8-3-9-17-36/h1-30H/i1D,4D,5D,12D,13D. The largest absolute Gasteiger partial charge is 0.311 e. The van der Waals surface area contributed by atoms with Crippen molar-refractivity contribution in [3.05, 3.63) is 182 Å². The molecule has 2 heteroatoms. The molecule has 208 valence electrons. The molecule has 7 aromatic carbocycles. The Bertz CT molecular complexity index is 2440. The Kier molecular flexibility index (Phi) is 5.27. The normalized spacial score (nSPS) is 12.8. The molecule has 2 nitrogen and oxygen atoms in total. The van der Waals surface area contributed by atoms with Gasteiger partial charge in [-0.3, -0.25) is 0 Å². The van der Waals surface area contributed by atoms with E-state index in [0.717, 1.165) is 39.4 Å². The number of aromatic nitrogens is 1. The van der Waals surface area contributed by atoms with Crippen LogP contribution in [-0.2, 0) is 0 Å². The second-order valence-electron chi connectivity index (χ2n) is 10.7. The Hall–Kier alpha value is -5.86. The van der Waals surface area contributed by atoms with E-state index in [0.29, 0.717) is 5.56 Å². The zero-order chi connectivity index (χ0) is 33.6. The Morgan fingerprint density at radius 3 is 1.61 bits per heavy atom. The van der Waals surface area contributed by atoms with Crippen LogP contribution in [0, 0.1) is 0 Å². The highest BCUT2D eigenvalue weighted by Gasteiger charge is 2.15. The first kappa shape index (κ1) is 20.9. The first-order chi connectivity index (χ1) is 23.9. The van der Waals surface area contributed by atoms with E-state index in [1.165, 1.54) is 16.3 Å². The molecule has 0 radical (unpaired) electrons. The van der Waals surface area contributed by atoms with Crippen molar-refractivity contribution in [2.24, 2.45) is 0 Å². The second-order valence-corrected chi connectivity index (χ2v) is 10.7. The predicted molar refractivity (Wildman–Crippen MR) is 186 cm³/mol. The molecule has 0 aliphatic rings. The minimum Gasteiger partial charge on any atom is -0.311 e. The summed E-state index contributed by atoms with van der Waals surface area (Å²) in [6.07, 6.45) is 0. The van der Waals surface area contributed by atoms with Gasteiger partial charge in [-0.05, 0) is 89.0 Å². The molecule has 0 N–H and O–H groups in total. The maximum atomic E-state index is 8.41. The summed E-state index contributed by atoms with van der Waals surface area (Å²) in [4.78, 5) is 2.15. The van der Waals surface area contributed by atoms with Crippen molar-refractivity contribution in [3.63, 3.8) is 0 Å². The first-order valence-electron chi connectivity index (χ1n) is 17.1. The lowest BCUT2D eigenvalue weighted by Crippen LogP contribution is -2.09. The maximum absolute atomic E-state index is 8.41. The van der Waals surface area contributed by atoms with E-state index in [2.05, 4.69) is 100 Å². The van der Waals surface area contributed by atoms with Crippen LogP contribution in [0.25, 0.3) is 49.7 Å². The van der Waals surface area contributed by atoms with Crippen molar-refractivity contribution < 1.29 is 6.85 Å². The summed E-state index contributed by atoms with van der Waals surface area (Å²) in [5.41, 5.74) is 9.27. The van der Waals surface area contributed by atoms with Crippen LogP contribution in [0.15, 0.2) is 182 Å². The minimum absolute atomic E-state index is 0.192. The molecule has 1 aromatic heterocycles. The smallest absolute Gasteiger partial charge is 0.0629 e. The monoisotopic (exact) mass is 567 g/mol. The van der Waals surface area contributed by atoms with Gasteiger partial charge in [0.25, 0.3) is 0 Å². The predicted octanol–water partition coefficient (Wildman–Crippen LogP) is 11.6. The highest BCUT2D eigenvalue weighted by molar-refractivity contribution is 6.10. The Morgan fingerprint density at radius 2 is 0.932 bits per heavy atom. The van der Waals surface area contributed by atoms with E-state index in [4.69, 9.17) is 6.85 Å². The van der Waals surface area contributed by atoms with Crippen molar-refractivity contribution in [1.82, 2.24) is 4.57 Å². The fourth-order valence-corrected chi connectivity index (χ4v) is 6.01. The van der Waals surface area contributed by atoms with E-state index >= 15 is 0 Å². The van der Waals surface area contributed by atoms with Gasteiger partial charge in [0.05, 0.1) is 17.9 Å². The fraction of sp³-hybridized carbons (Fsp3) is 0. The van der Waals surface area contributed by atoms with Gasteiger partial charge < -0.3 is 9.47 Å². The van der Waals surface area contributed by atoms with Crippen LogP contribution < -0.4 is 4.90 Å². The van der Waals surface area contributed by atoms with Crippen LogP contribution in [0.3, 0.4) is 0 Å². The molecule has 44 heavy (non-hydrogen) atoms. The third-order valence-corrected chi connectivity index (χ3v) is 8.07. The van der Waals surface area contributed by atoms with Gasteiger partial charge in [0, 0.05) is 33.5 Å². The van der Waals surface area contributed by atoms with Crippen molar-refractivity contribution >= 4 is 38.9 Å². The molecule has 0 fully saturated rings. The molecule has 1 heterocycles. The van der Waals surface area contributed by atoms with Gasteiger partial charge in [0.1, 0.15) is 0 Å². The molecule has 0 bridgehead atoms. The molecular weight excluding hydrogens is 532 g/mol. The Labute approximate surface area is 264 Å². The number of para-hydroxylation sites is 3. The second kappa shape index (κ2) is 11.1. The molecule has 0 aliphatic heterocycles. The van der Waals surface area contributed by atoms with E-state index in [1.807, 2.05) is 60.7 Å². The minimum atomic E-state index is -0.395. The molecular formula is C42H30N2. The summed E-state index contributed by atoms with van der Waals surface area (Å²) in [5.74, 6) is 0. The van der Waals surface area contributed by atoms with E-state index < -0.39 is 6.04 Å². The topological polar surface area (TPSA) is 8.17 Å². The third-order valence-electron chi connectivity index (χ3n) is 8.07. The van der Waals surface area contributed by atoms with E-state index in [1.54, 1.807) is 0 Å². The summed E-state index contributed by atoms with van der Waals surface area (Å²) >= 11 is 0. The zero-order valence-corrected chi connectivity index (χ0v) is 23.8. The number of hydrogen-bond donors (Lipinski definition) is 0. The van der Waals surface area contributed by atoms with Crippen molar-refractivity contribution in [3.8, 4) is 27.9 Å². The van der Waals surface area contributed by atoms with Gasteiger partial charge in [0.15, 0.2) is 0 Å². The summed E-state index contributed by atoms with van der Waals surface area (Å²) in [6, 6.07) is 50.2. The van der Waals surface area contributed by atoms with E-state index in [-0.39, 0.29) is 29.7 Å². The fourth-order valence-electron chi connectivity index (χ4n) is 6.01. The van der Waals surface area contributed by atoms with Crippen LogP contribution in [0.5, 0.6) is 0 Å². The number of benzene rings is 7.